The summed E-state index contributed by atoms with van der Waals surface area (Å²) < 4.78 is 13.5. The van der Waals surface area contributed by atoms with Gasteiger partial charge in [0.15, 0.2) is 5.11 Å². The maximum atomic E-state index is 13.5. The van der Waals surface area contributed by atoms with Crippen molar-refractivity contribution in [2.45, 2.75) is 6.04 Å². The van der Waals surface area contributed by atoms with Crippen molar-refractivity contribution in [2.24, 2.45) is 0 Å². The largest absolute Gasteiger partial charge is 0.360 e. The summed E-state index contributed by atoms with van der Waals surface area (Å²) in [7, 11) is 4.05. The van der Waals surface area contributed by atoms with Crippen LogP contribution in [0.4, 0.5) is 10.1 Å². The third kappa shape index (κ3) is 4.49. The Morgan fingerprint density at radius 1 is 1.29 bits per heavy atom. The van der Waals surface area contributed by atoms with E-state index in [0.717, 1.165) is 0 Å². The maximum absolute atomic E-state index is 13.5. The van der Waals surface area contributed by atoms with Gasteiger partial charge in [0.1, 0.15) is 5.82 Å². The van der Waals surface area contributed by atoms with Crippen LogP contribution in [0.1, 0.15) is 10.9 Å². The molecule has 0 fully saturated rings. The number of nitrogens with zero attached hydrogens (tertiary/aromatic N) is 1. The molecular formula is C15H18FN3S2. The number of nitrogens with one attached hydrogen (secondary N) is 2. The van der Waals surface area contributed by atoms with Crippen LogP contribution >= 0.6 is 23.6 Å². The van der Waals surface area contributed by atoms with Crippen LogP contribution in [0.5, 0.6) is 0 Å². The molecule has 1 heterocycles. The number of likely N-dealkylation sites (N-methyl/N-ethyl adjacent to an activating group) is 1. The molecule has 0 spiro atoms. The molecule has 1 aromatic carbocycles. The predicted molar refractivity (Wildman–Crippen MR) is 91.4 cm³/mol. The van der Waals surface area contributed by atoms with Crippen molar-refractivity contribution in [3.8, 4) is 0 Å². The van der Waals surface area contributed by atoms with Gasteiger partial charge in [-0.25, -0.2) is 4.39 Å². The van der Waals surface area contributed by atoms with Crippen molar-refractivity contribution in [2.75, 3.05) is 26.0 Å². The molecule has 0 saturated carbocycles. The predicted octanol–water partition coefficient (Wildman–Crippen LogP) is 3.48. The van der Waals surface area contributed by atoms with Crippen molar-refractivity contribution in [1.29, 1.82) is 0 Å². The van der Waals surface area contributed by atoms with Gasteiger partial charge in [0.05, 0.1) is 11.7 Å². The smallest absolute Gasteiger partial charge is 0.170 e. The second-order valence-corrected chi connectivity index (χ2v) is 6.20. The molecule has 0 bridgehead atoms. The van der Waals surface area contributed by atoms with Gasteiger partial charge in [-0.15, -0.1) is 11.3 Å². The highest BCUT2D eigenvalue weighted by Crippen LogP contribution is 2.22. The summed E-state index contributed by atoms with van der Waals surface area (Å²) in [6.07, 6.45) is 0. The first-order valence-corrected chi connectivity index (χ1v) is 7.86. The fraction of sp³-hybridized carbons (Fsp3) is 0.267. The average Bonchev–Trinajstić information content (AvgIpc) is 2.95. The lowest BCUT2D eigenvalue weighted by Crippen LogP contribution is -2.36. The summed E-state index contributed by atoms with van der Waals surface area (Å²) in [5.74, 6) is -0.316. The topological polar surface area (TPSA) is 27.3 Å². The Kier molecular flexibility index (Phi) is 5.67. The van der Waals surface area contributed by atoms with E-state index in [-0.39, 0.29) is 11.9 Å². The minimum absolute atomic E-state index is 0.227. The van der Waals surface area contributed by atoms with Crippen LogP contribution in [0.3, 0.4) is 0 Å². The van der Waals surface area contributed by atoms with Gasteiger partial charge in [-0.3, -0.25) is 0 Å². The molecule has 0 unspecified atom stereocenters. The molecule has 6 heteroatoms. The Balaban J connectivity index is 1.92. The van der Waals surface area contributed by atoms with Crippen LogP contribution in [-0.2, 0) is 0 Å². The second-order valence-electron chi connectivity index (χ2n) is 4.81. The molecule has 3 nitrogen and oxygen atoms in total. The van der Waals surface area contributed by atoms with E-state index in [0.29, 0.717) is 17.3 Å². The molecule has 2 rings (SSSR count). The molecule has 0 saturated heterocycles. The van der Waals surface area contributed by atoms with E-state index < -0.39 is 0 Å². The van der Waals surface area contributed by atoms with Gasteiger partial charge in [-0.1, -0.05) is 18.2 Å². The first-order valence-electron chi connectivity index (χ1n) is 6.57. The van der Waals surface area contributed by atoms with E-state index in [1.54, 1.807) is 29.5 Å². The van der Waals surface area contributed by atoms with E-state index in [1.807, 2.05) is 20.2 Å². The number of halogens is 1. The molecule has 2 aromatic rings. The van der Waals surface area contributed by atoms with Crippen LogP contribution in [0, 0.1) is 5.82 Å². The average molecular weight is 323 g/mol. The SMILES string of the molecule is CN(C)[C@@H](CNC(=S)Nc1ccccc1F)c1cccs1. The molecule has 0 radical (unpaired) electrons. The Labute approximate surface area is 133 Å². The standard InChI is InChI=1S/C15H18FN3S2/c1-19(2)13(14-8-5-9-21-14)10-17-15(20)18-12-7-4-3-6-11(12)16/h3-9,13H,10H2,1-2H3,(H2,17,18,20)/t13-/m0/s1. The molecule has 0 amide bonds. The zero-order valence-electron chi connectivity index (χ0n) is 12.0. The highest BCUT2D eigenvalue weighted by molar-refractivity contribution is 7.80. The van der Waals surface area contributed by atoms with Crippen LogP contribution in [0.15, 0.2) is 41.8 Å². The highest BCUT2D eigenvalue weighted by atomic mass is 32.1. The molecule has 0 aliphatic rings. The first-order chi connectivity index (χ1) is 10.1. The van der Waals surface area contributed by atoms with Gasteiger partial charge in [0.25, 0.3) is 0 Å². The highest BCUT2D eigenvalue weighted by Gasteiger charge is 2.15. The van der Waals surface area contributed by atoms with E-state index >= 15 is 0 Å². The fourth-order valence-electron chi connectivity index (χ4n) is 1.94. The molecule has 2 N–H and O–H groups in total. The van der Waals surface area contributed by atoms with Gasteiger partial charge in [0.2, 0.25) is 0 Å². The number of hydrogen-bond acceptors (Lipinski definition) is 3. The number of rotatable bonds is 5. The monoisotopic (exact) mass is 323 g/mol. The summed E-state index contributed by atoms with van der Waals surface area (Å²) in [5, 5.41) is 8.50. The summed E-state index contributed by atoms with van der Waals surface area (Å²) in [6, 6.07) is 10.8. The van der Waals surface area contributed by atoms with Gasteiger partial charge in [0, 0.05) is 11.4 Å². The molecule has 1 atom stereocenters. The lowest BCUT2D eigenvalue weighted by molar-refractivity contribution is 0.303. The van der Waals surface area contributed by atoms with E-state index in [1.165, 1.54) is 10.9 Å². The third-order valence-electron chi connectivity index (χ3n) is 3.07. The van der Waals surface area contributed by atoms with Crippen molar-refractivity contribution >= 4 is 34.4 Å². The van der Waals surface area contributed by atoms with Gasteiger partial charge < -0.3 is 15.5 Å². The molecular weight excluding hydrogens is 305 g/mol. The Hall–Kier alpha value is -1.50. The van der Waals surface area contributed by atoms with Crippen molar-refractivity contribution in [3.05, 3.63) is 52.5 Å². The van der Waals surface area contributed by atoms with Crippen molar-refractivity contribution in [1.82, 2.24) is 10.2 Å². The van der Waals surface area contributed by atoms with Crippen LogP contribution < -0.4 is 10.6 Å². The maximum Gasteiger partial charge on any atom is 0.170 e. The number of benzene rings is 1. The zero-order chi connectivity index (χ0) is 15.2. The summed E-state index contributed by atoms with van der Waals surface area (Å²) in [4.78, 5) is 3.39. The van der Waals surface area contributed by atoms with Crippen LogP contribution in [0.25, 0.3) is 0 Å². The minimum Gasteiger partial charge on any atom is -0.360 e. The van der Waals surface area contributed by atoms with Gasteiger partial charge >= 0.3 is 0 Å². The molecule has 112 valence electrons. The first kappa shape index (κ1) is 15.9. The fourth-order valence-corrected chi connectivity index (χ4v) is 3.05. The second kappa shape index (κ2) is 7.49. The molecule has 0 aliphatic carbocycles. The molecule has 1 aromatic heterocycles. The lowest BCUT2D eigenvalue weighted by atomic mass is 10.2. The van der Waals surface area contributed by atoms with Crippen LogP contribution in [0.2, 0.25) is 0 Å². The lowest BCUT2D eigenvalue weighted by Gasteiger charge is -2.24. The van der Waals surface area contributed by atoms with Gasteiger partial charge in [-0.2, -0.15) is 0 Å². The normalized spacial score (nSPS) is 12.2. The number of anilines is 1. The van der Waals surface area contributed by atoms with Gasteiger partial charge in [-0.05, 0) is 49.9 Å². The summed E-state index contributed by atoms with van der Waals surface area (Å²) in [6.45, 7) is 0.661. The van der Waals surface area contributed by atoms with Crippen molar-refractivity contribution in [3.63, 3.8) is 0 Å². The quantitative estimate of drug-likeness (QED) is 0.824. The minimum atomic E-state index is -0.316. The Morgan fingerprint density at radius 3 is 2.67 bits per heavy atom. The third-order valence-corrected chi connectivity index (χ3v) is 4.29. The van der Waals surface area contributed by atoms with Crippen LogP contribution in [-0.4, -0.2) is 30.7 Å². The summed E-state index contributed by atoms with van der Waals surface area (Å²) >= 11 is 6.94. The molecule has 21 heavy (non-hydrogen) atoms. The van der Waals surface area contributed by atoms with Crippen molar-refractivity contribution < 1.29 is 4.39 Å². The zero-order valence-corrected chi connectivity index (χ0v) is 13.6. The summed E-state index contributed by atoms with van der Waals surface area (Å²) in [5.41, 5.74) is 0.382. The van der Waals surface area contributed by atoms with E-state index in [4.69, 9.17) is 12.2 Å². The Bertz CT molecular complexity index is 584. The van der Waals surface area contributed by atoms with E-state index in [2.05, 4.69) is 27.0 Å². The Morgan fingerprint density at radius 2 is 2.05 bits per heavy atom. The number of thiocarbonyl (C=S) groups is 1. The molecule has 0 aliphatic heterocycles. The number of hydrogen-bond donors (Lipinski definition) is 2. The number of para-hydroxylation sites is 1. The van der Waals surface area contributed by atoms with E-state index in [9.17, 15) is 4.39 Å². The number of thiophene rings is 1.